The second-order valence-corrected chi connectivity index (χ2v) is 10.0. The van der Waals surface area contributed by atoms with Gasteiger partial charge in [0.25, 0.3) is 0 Å². The number of nitrogens with zero attached hydrogens (tertiary/aromatic N) is 3. The smallest absolute Gasteiger partial charge is 0.246 e. The first-order valence-electron chi connectivity index (χ1n) is 10.00. The van der Waals surface area contributed by atoms with Crippen molar-refractivity contribution in [1.29, 1.82) is 0 Å². The monoisotopic (exact) mass is 341 g/mol. The second-order valence-electron chi connectivity index (χ2n) is 10.0. The van der Waals surface area contributed by atoms with Crippen LogP contribution in [0.3, 0.4) is 0 Å². The van der Waals surface area contributed by atoms with E-state index in [0.29, 0.717) is 17.8 Å². The Morgan fingerprint density at radius 1 is 0.920 bits per heavy atom. The average Bonchev–Trinajstić information content (AvgIpc) is 3.00. The van der Waals surface area contributed by atoms with E-state index in [2.05, 4.69) is 32.9 Å². The van der Waals surface area contributed by atoms with Gasteiger partial charge in [0.15, 0.2) is 0 Å². The molecule has 3 heterocycles. The van der Waals surface area contributed by atoms with Crippen molar-refractivity contribution in [2.24, 2.45) is 28.6 Å². The van der Waals surface area contributed by atoms with E-state index in [0.717, 1.165) is 12.8 Å². The van der Waals surface area contributed by atoms with Crippen LogP contribution in [0.5, 0.6) is 0 Å². The summed E-state index contributed by atoms with van der Waals surface area (Å²) in [6, 6.07) is 0.262. The molecule has 4 bridgehead atoms. The Balaban J connectivity index is 1.56. The van der Waals surface area contributed by atoms with Gasteiger partial charge in [0.05, 0.1) is 12.1 Å². The van der Waals surface area contributed by atoms with Gasteiger partial charge < -0.3 is 0 Å². The Morgan fingerprint density at radius 2 is 1.48 bits per heavy atom. The molecule has 5 nitrogen and oxygen atoms in total. The Labute approximate surface area is 147 Å². The van der Waals surface area contributed by atoms with E-state index in [-0.39, 0.29) is 40.3 Å². The fraction of sp³-hybridized carbons (Fsp3) is 0.800. The van der Waals surface area contributed by atoms with Crippen molar-refractivity contribution in [3.63, 3.8) is 0 Å². The summed E-state index contributed by atoms with van der Waals surface area (Å²) in [4.78, 5) is 26.8. The topological polar surface area (TPSA) is 48.9 Å². The van der Waals surface area contributed by atoms with Gasteiger partial charge in [0.2, 0.25) is 0 Å². The zero-order valence-corrected chi connectivity index (χ0v) is 15.3. The van der Waals surface area contributed by atoms with E-state index < -0.39 is 0 Å². The van der Waals surface area contributed by atoms with Crippen LogP contribution in [0, 0.1) is 28.6 Å². The third kappa shape index (κ3) is 1.35. The number of aromatic nitrogens is 3. The molecule has 134 valence electrons. The van der Waals surface area contributed by atoms with E-state index >= 15 is 0 Å². The zero-order valence-electron chi connectivity index (χ0n) is 15.3. The molecular weight excluding hydrogens is 314 g/mol. The van der Waals surface area contributed by atoms with Crippen LogP contribution in [0.4, 0.5) is 0 Å². The van der Waals surface area contributed by atoms with Gasteiger partial charge in [-0.1, -0.05) is 32.9 Å². The summed E-state index contributed by atoms with van der Waals surface area (Å²) in [6.45, 7) is 7.00. The number of hydrogen-bond acceptors (Lipinski definition) is 2. The number of rotatable bonds is 1. The Bertz CT molecular complexity index is 880. The van der Waals surface area contributed by atoms with Gasteiger partial charge in [-0.2, -0.15) is 0 Å². The molecule has 0 radical (unpaired) electrons. The molecule has 1 aromatic rings. The van der Waals surface area contributed by atoms with Gasteiger partial charge in [-0.05, 0) is 60.7 Å². The third-order valence-electron chi connectivity index (χ3n) is 9.43. The molecule has 1 aromatic heterocycles. The lowest BCUT2D eigenvalue weighted by molar-refractivity contribution is 0.0154. The first kappa shape index (κ1) is 14.6. The SMILES string of the molecule is CC1(C)C2CCC1(C)C(n1c(=O)n3n(c1=O)C1C=CC3C3CCC31)C2. The van der Waals surface area contributed by atoms with E-state index in [4.69, 9.17) is 0 Å². The molecule has 3 saturated carbocycles. The summed E-state index contributed by atoms with van der Waals surface area (Å²) in [5, 5.41) is 0. The molecule has 2 aliphatic heterocycles. The summed E-state index contributed by atoms with van der Waals surface area (Å²) < 4.78 is 5.30. The molecule has 25 heavy (non-hydrogen) atoms. The summed E-state index contributed by atoms with van der Waals surface area (Å²) in [5.74, 6) is 1.76. The Kier molecular flexibility index (Phi) is 2.38. The van der Waals surface area contributed by atoms with Crippen LogP contribution in [0.1, 0.15) is 71.0 Å². The highest BCUT2D eigenvalue weighted by atomic mass is 16.2. The first-order chi connectivity index (χ1) is 11.9. The van der Waals surface area contributed by atoms with E-state index in [9.17, 15) is 9.59 Å². The predicted octanol–water partition coefficient (Wildman–Crippen LogP) is 2.89. The number of fused-ring (bicyclic) bond motifs is 2. The maximum absolute atomic E-state index is 13.4. The van der Waals surface area contributed by atoms with Gasteiger partial charge in [-0.3, -0.25) is 0 Å². The second kappa shape index (κ2) is 4.07. The van der Waals surface area contributed by atoms with Crippen molar-refractivity contribution >= 4 is 0 Å². The summed E-state index contributed by atoms with van der Waals surface area (Å²) in [7, 11) is 0. The molecule has 0 amide bonds. The number of allylic oxidation sites excluding steroid dienone is 2. The molecule has 7 rings (SSSR count). The van der Waals surface area contributed by atoms with Crippen LogP contribution in [-0.4, -0.2) is 13.9 Å². The first-order valence-corrected chi connectivity index (χ1v) is 10.00. The number of hydrogen-bond donors (Lipinski definition) is 0. The van der Waals surface area contributed by atoms with Crippen molar-refractivity contribution in [2.45, 2.75) is 71.0 Å². The molecule has 4 aliphatic carbocycles. The highest BCUT2D eigenvalue weighted by Gasteiger charge is 2.63. The molecule has 0 spiro atoms. The minimum absolute atomic E-state index is 0.0458. The molecule has 6 aliphatic rings. The molecule has 0 N–H and O–H groups in total. The van der Waals surface area contributed by atoms with E-state index in [1.165, 1.54) is 19.3 Å². The largest absolute Gasteiger partial charge is 0.348 e. The molecule has 7 atom stereocenters. The van der Waals surface area contributed by atoms with Crippen LogP contribution in [0.2, 0.25) is 0 Å². The Morgan fingerprint density at radius 3 is 1.88 bits per heavy atom. The predicted molar refractivity (Wildman–Crippen MR) is 94.6 cm³/mol. The fourth-order valence-corrected chi connectivity index (χ4v) is 7.29. The van der Waals surface area contributed by atoms with Crippen molar-refractivity contribution < 1.29 is 0 Å². The van der Waals surface area contributed by atoms with Crippen LogP contribution in [0.25, 0.3) is 0 Å². The fourth-order valence-electron chi connectivity index (χ4n) is 7.29. The van der Waals surface area contributed by atoms with E-state index in [1.54, 1.807) is 4.57 Å². The molecule has 0 aromatic carbocycles. The minimum Gasteiger partial charge on any atom is -0.246 e. The average molecular weight is 341 g/mol. The zero-order chi connectivity index (χ0) is 17.3. The molecule has 3 fully saturated rings. The molecule has 5 heteroatoms. The van der Waals surface area contributed by atoms with Gasteiger partial charge in [-0.15, -0.1) is 0 Å². The van der Waals surface area contributed by atoms with Gasteiger partial charge in [0, 0.05) is 6.04 Å². The third-order valence-corrected chi connectivity index (χ3v) is 9.43. The van der Waals surface area contributed by atoms with Crippen LogP contribution < -0.4 is 11.4 Å². The highest BCUT2D eigenvalue weighted by Crippen LogP contribution is 2.69. The van der Waals surface area contributed by atoms with Crippen LogP contribution in [-0.2, 0) is 0 Å². The summed E-state index contributed by atoms with van der Waals surface area (Å²) in [6.07, 6.45) is 10.1. The molecule has 7 unspecified atom stereocenters. The minimum atomic E-state index is -0.0516. The lowest BCUT2D eigenvalue weighted by Crippen LogP contribution is -2.52. The van der Waals surface area contributed by atoms with Gasteiger partial charge >= 0.3 is 11.4 Å². The Hall–Kier alpha value is -1.52. The summed E-state index contributed by atoms with van der Waals surface area (Å²) in [5.41, 5.74) is 0.144. The van der Waals surface area contributed by atoms with Crippen LogP contribution >= 0.6 is 0 Å². The van der Waals surface area contributed by atoms with Crippen molar-refractivity contribution in [1.82, 2.24) is 13.9 Å². The van der Waals surface area contributed by atoms with Crippen molar-refractivity contribution in [3.05, 3.63) is 33.1 Å². The van der Waals surface area contributed by atoms with Crippen LogP contribution in [0.15, 0.2) is 21.7 Å². The lowest BCUT2D eigenvalue weighted by atomic mass is 9.62. The standard InChI is InChI=1S/C20H27N3O2/c1-19(2)11-8-9-20(19,3)16(10-11)21-17(24)22-14-6-7-15(23(22)18(21)25)13-5-4-12(13)14/h6-7,11-16H,4-5,8-10H2,1-3H3. The van der Waals surface area contributed by atoms with Gasteiger partial charge in [-0.25, -0.2) is 23.5 Å². The quantitative estimate of drug-likeness (QED) is 0.738. The normalized spacial score (nSPS) is 47.6. The highest BCUT2D eigenvalue weighted by molar-refractivity contribution is 5.19. The van der Waals surface area contributed by atoms with E-state index in [1.807, 2.05) is 9.36 Å². The molecular formula is C20H27N3O2. The van der Waals surface area contributed by atoms with Crippen molar-refractivity contribution in [2.75, 3.05) is 0 Å². The summed E-state index contributed by atoms with van der Waals surface area (Å²) >= 11 is 0. The molecule has 0 saturated heterocycles. The maximum atomic E-state index is 13.4. The van der Waals surface area contributed by atoms with Crippen molar-refractivity contribution in [3.8, 4) is 0 Å². The lowest BCUT2D eigenvalue weighted by Gasteiger charge is -2.52. The maximum Gasteiger partial charge on any atom is 0.348 e. The van der Waals surface area contributed by atoms with Gasteiger partial charge in [0.1, 0.15) is 0 Å².